The maximum atomic E-state index is 13.7. The van der Waals surface area contributed by atoms with Crippen molar-refractivity contribution in [3.8, 4) is 0 Å². The number of carbonyl (C=O) groups excluding carboxylic acids is 1. The van der Waals surface area contributed by atoms with E-state index in [1.807, 2.05) is 47.6 Å². The molecule has 0 aliphatic rings. The Morgan fingerprint density at radius 3 is 2.45 bits per heavy atom. The lowest BCUT2D eigenvalue weighted by Crippen LogP contribution is -2.51. The molecule has 0 bridgehead atoms. The van der Waals surface area contributed by atoms with Gasteiger partial charge in [0, 0.05) is 18.7 Å². The number of nitrogens with one attached hydrogen (secondary N) is 2. The minimum absolute atomic E-state index is 0.226. The molecule has 0 unspecified atom stereocenters. The van der Waals surface area contributed by atoms with Gasteiger partial charge in [0.1, 0.15) is 11.4 Å². The zero-order valence-electron chi connectivity index (χ0n) is 14.3. The van der Waals surface area contributed by atoms with E-state index < -0.39 is 17.2 Å². The molecule has 5 heteroatoms. The van der Waals surface area contributed by atoms with Gasteiger partial charge in [-0.05, 0) is 47.6 Å². The van der Waals surface area contributed by atoms with Crippen molar-refractivity contribution in [2.45, 2.75) is 59.2 Å². The fourth-order valence-corrected chi connectivity index (χ4v) is 1.97. The van der Waals surface area contributed by atoms with Gasteiger partial charge in [-0.15, -0.1) is 0 Å². The van der Waals surface area contributed by atoms with Gasteiger partial charge < -0.3 is 15.4 Å². The Labute approximate surface area is 132 Å². The van der Waals surface area contributed by atoms with Gasteiger partial charge in [-0.25, -0.2) is 9.18 Å². The van der Waals surface area contributed by atoms with Crippen LogP contribution in [0.15, 0.2) is 18.2 Å². The SMILES string of the molecule is Cc1ccc(F)c(CNCC(C)(C)NC(=O)OC(C)(C)C)c1. The Balaban J connectivity index is 2.48. The molecule has 1 aromatic carbocycles. The zero-order chi connectivity index (χ0) is 17.0. The van der Waals surface area contributed by atoms with Crippen LogP contribution in [0.1, 0.15) is 45.7 Å². The summed E-state index contributed by atoms with van der Waals surface area (Å²) in [6.07, 6.45) is -0.457. The van der Waals surface area contributed by atoms with Crippen LogP contribution < -0.4 is 10.6 Å². The molecule has 0 saturated heterocycles. The van der Waals surface area contributed by atoms with E-state index in [1.54, 1.807) is 6.07 Å². The predicted octanol–water partition coefficient (Wildman–Crippen LogP) is 3.53. The highest BCUT2D eigenvalue weighted by Crippen LogP contribution is 2.11. The van der Waals surface area contributed by atoms with Gasteiger partial charge in [-0.3, -0.25) is 0 Å². The van der Waals surface area contributed by atoms with Gasteiger partial charge in [-0.1, -0.05) is 17.7 Å². The molecule has 1 amide bonds. The highest BCUT2D eigenvalue weighted by atomic mass is 19.1. The predicted molar refractivity (Wildman–Crippen MR) is 86.3 cm³/mol. The molecule has 0 radical (unpaired) electrons. The van der Waals surface area contributed by atoms with Crippen LogP contribution in [-0.4, -0.2) is 23.8 Å². The summed E-state index contributed by atoms with van der Waals surface area (Å²) in [4.78, 5) is 11.8. The van der Waals surface area contributed by atoms with Crippen molar-refractivity contribution in [1.29, 1.82) is 0 Å². The van der Waals surface area contributed by atoms with Crippen molar-refractivity contribution in [3.05, 3.63) is 35.1 Å². The Morgan fingerprint density at radius 2 is 1.86 bits per heavy atom. The van der Waals surface area contributed by atoms with Crippen LogP contribution in [0.25, 0.3) is 0 Å². The zero-order valence-corrected chi connectivity index (χ0v) is 14.3. The number of rotatable bonds is 5. The summed E-state index contributed by atoms with van der Waals surface area (Å²) >= 11 is 0. The number of ether oxygens (including phenoxy) is 1. The Bertz CT molecular complexity index is 522. The van der Waals surface area contributed by atoms with Crippen molar-refractivity contribution < 1.29 is 13.9 Å². The van der Waals surface area contributed by atoms with Crippen LogP contribution >= 0.6 is 0 Å². The van der Waals surface area contributed by atoms with Crippen molar-refractivity contribution in [1.82, 2.24) is 10.6 Å². The topological polar surface area (TPSA) is 50.4 Å². The van der Waals surface area contributed by atoms with Crippen LogP contribution in [0.4, 0.5) is 9.18 Å². The smallest absolute Gasteiger partial charge is 0.408 e. The molecule has 1 aromatic rings. The number of benzene rings is 1. The fourth-order valence-electron chi connectivity index (χ4n) is 1.97. The van der Waals surface area contributed by atoms with E-state index >= 15 is 0 Å². The largest absolute Gasteiger partial charge is 0.444 e. The maximum Gasteiger partial charge on any atom is 0.408 e. The third-order valence-electron chi connectivity index (χ3n) is 2.92. The number of carbonyl (C=O) groups is 1. The van der Waals surface area contributed by atoms with E-state index in [0.29, 0.717) is 18.7 Å². The summed E-state index contributed by atoms with van der Waals surface area (Å²) in [6.45, 7) is 12.1. The van der Waals surface area contributed by atoms with Gasteiger partial charge in [0.25, 0.3) is 0 Å². The lowest BCUT2D eigenvalue weighted by atomic mass is 10.1. The lowest BCUT2D eigenvalue weighted by Gasteiger charge is -2.29. The molecule has 0 aliphatic heterocycles. The van der Waals surface area contributed by atoms with Gasteiger partial charge in [-0.2, -0.15) is 0 Å². The fraction of sp³-hybridized carbons (Fsp3) is 0.588. The average molecular weight is 310 g/mol. The monoisotopic (exact) mass is 310 g/mol. The first-order valence-electron chi connectivity index (χ1n) is 7.45. The van der Waals surface area contributed by atoms with Gasteiger partial charge >= 0.3 is 6.09 Å². The maximum absolute atomic E-state index is 13.7. The van der Waals surface area contributed by atoms with Gasteiger partial charge in [0.05, 0.1) is 5.54 Å². The number of hydrogen-bond acceptors (Lipinski definition) is 3. The second-order valence-electron chi connectivity index (χ2n) is 7.21. The van der Waals surface area contributed by atoms with E-state index in [-0.39, 0.29) is 5.82 Å². The highest BCUT2D eigenvalue weighted by molar-refractivity contribution is 5.68. The average Bonchev–Trinajstić information content (AvgIpc) is 2.30. The Kier molecular flexibility index (Phi) is 5.94. The van der Waals surface area contributed by atoms with E-state index in [1.165, 1.54) is 6.07 Å². The van der Waals surface area contributed by atoms with Gasteiger partial charge in [0.2, 0.25) is 0 Å². The second-order valence-corrected chi connectivity index (χ2v) is 7.21. The molecule has 0 saturated carbocycles. The molecule has 124 valence electrons. The normalized spacial score (nSPS) is 12.1. The van der Waals surface area contributed by atoms with Crippen molar-refractivity contribution in [2.24, 2.45) is 0 Å². The van der Waals surface area contributed by atoms with Crippen LogP contribution in [0.2, 0.25) is 0 Å². The first-order chi connectivity index (χ1) is 9.98. The molecule has 4 nitrogen and oxygen atoms in total. The summed E-state index contributed by atoms with van der Waals surface area (Å²) in [5.41, 5.74) is 0.610. The molecule has 0 aromatic heterocycles. The van der Waals surface area contributed by atoms with Crippen LogP contribution in [0.5, 0.6) is 0 Å². The van der Waals surface area contributed by atoms with Crippen molar-refractivity contribution in [3.63, 3.8) is 0 Å². The summed E-state index contributed by atoms with van der Waals surface area (Å²) < 4.78 is 18.9. The van der Waals surface area contributed by atoms with Crippen molar-refractivity contribution >= 4 is 6.09 Å². The standard InChI is InChI=1S/C17H27FN2O2/c1-12-7-8-14(18)13(9-12)10-19-11-17(5,6)20-15(21)22-16(2,3)4/h7-9,19H,10-11H2,1-6H3,(H,20,21). The van der Waals surface area contributed by atoms with Crippen molar-refractivity contribution in [2.75, 3.05) is 6.54 Å². The Hall–Kier alpha value is -1.62. The number of amides is 1. The molecular weight excluding hydrogens is 283 g/mol. The first-order valence-corrected chi connectivity index (χ1v) is 7.45. The number of aryl methyl sites for hydroxylation is 1. The second kappa shape index (κ2) is 7.09. The van der Waals surface area contributed by atoms with Crippen LogP contribution in [0.3, 0.4) is 0 Å². The summed E-state index contributed by atoms with van der Waals surface area (Å²) in [5, 5.41) is 5.98. The highest BCUT2D eigenvalue weighted by Gasteiger charge is 2.24. The number of halogens is 1. The molecule has 0 aliphatic carbocycles. The third-order valence-corrected chi connectivity index (χ3v) is 2.92. The van der Waals surface area contributed by atoms with E-state index in [4.69, 9.17) is 4.74 Å². The molecule has 22 heavy (non-hydrogen) atoms. The molecule has 0 atom stereocenters. The Morgan fingerprint density at radius 1 is 1.23 bits per heavy atom. The summed E-state index contributed by atoms with van der Waals surface area (Å²) in [6, 6.07) is 5.03. The number of hydrogen-bond donors (Lipinski definition) is 2. The summed E-state index contributed by atoms with van der Waals surface area (Å²) in [5.74, 6) is -0.226. The lowest BCUT2D eigenvalue weighted by molar-refractivity contribution is 0.0472. The summed E-state index contributed by atoms with van der Waals surface area (Å²) in [7, 11) is 0. The third kappa shape index (κ3) is 6.89. The van der Waals surface area contributed by atoms with E-state index in [0.717, 1.165) is 5.56 Å². The number of alkyl carbamates (subject to hydrolysis) is 1. The molecule has 1 rings (SSSR count). The molecule has 0 spiro atoms. The van der Waals surface area contributed by atoms with Crippen LogP contribution in [0, 0.1) is 12.7 Å². The minimum Gasteiger partial charge on any atom is -0.444 e. The van der Waals surface area contributed by atoms with E-state index in [9.17, 15) is 9.18 Å². The van der Waals surface area contributed by atoms with Gasteiger partial charge in [0.15, 0.2) is 0 Å². The first kappa shape index (κ1) is 18.4. The quantitative estimate of drug-likeness (QED) is 0.875. The van der Waals surface area contributed by atoms with Crippen LogP contribution in [-0.2, 0) is 11.3 Å². The minimum atomic E-state index is -0.529. The molecule has 2 N–H and O–H groups in total. The molecule has 0 heterocycles. The van der Waals surface area contributed by atoms with E-state index in [2.05, 4.69) is 10.6 Å². The molecule has 0 fully saturated rings. The molecular formula is C17H27FN2O2.